The van der Waals surface area contributed by atoms with Gasteiger partial charge in [-0.25, -0.2) is 4.98 Å². The Balaban J connectivity index is 2.91. The van der Waals surface area contributed by atoms with Crippen LogP contribution in [0.4, 0.5) is 13.2 Å². The van der Waals surface area contributed by atoms with Gasteiger partial charge in [-0.3, -0.25) is 4.79 Å². The van der Waals surface area contributed by atoms with Crippen molar-refractivity contribution in [3.8, 4) is 0 Å². The maximum absolute atomic E-state index is 12.2. The van der Waals surface area contributed by atoms with E-state index in [4.69, 9.17) is 5.73 Å². The summed E-state index contributed by atoms with van der Waals surface area (Å²) in [4.78, 5) is 14.7. The number of hydrogen-bond acceptors (Lipinski definition) is 4. The van der Waals surface area contributed by atoms with E-state index >= 15 is 0 Å². The molecule has 1 atom stereocenters. The first-order valence-electron chi connectivity index (χ1n) is 4.56. The van der Waals surface area contributed by atoms with Gasteiger partial charge < -0.3 is 5.73 Å². The van der Waals surface area contributed by atoms with E-state index < -0.39 is 23.0 Å². The van der Waals surface area contributed by atoms with Gasteiger partial charge in [-0.2, -0.15) is 13.2 Å². The van der Waals surface area contributed by atoms with Crippen molar-refractivity contribution in [3.63, 3.8) is 0 Å². The van der Waals surface area contributed by atoms with Gasteiger partial charge in [0.15, 0.2) is 10.8 Å². The highest BCUT2D eigenvalue weighted by molar-refractivity contribution is 7.13. The van der Waals surface area contributed by atoms with Gasteiger partial charge in [-0.05, 0) is 5.92 Å². The number of carbonyl (C=O) groups is 1. The van der Waals surface area contributed by atoms with Crippen molar-refractivity contribution in [2.75, 3.05) is 0 Å². The lowest BCUT2D eigenvalue weighted by Gasteiger charge is -2.12. The van der Waals surface area contributed by atoms with Crippen molar-refractivity contribution in [3.05, 3.63) is 16.1 Å². The summed E-state index contributed by atoms with van der Waals surface area (Å²) in [7, 11) is 0. The Morgan fingerprint density at radius 2 is 2.06 bits per heavy atom. The van der Waals surface area contributed by atoms with Crippen LogP contribution in [0.3, 0.4) is 0 Å². The SMILES string of the molecule is CC(C)C(N)C(=O)c1cnc(C(F)(F)F)s1. The predicted octanol–water partition coefficient (Wildman–Crippen LogP) is 2.33. The number of nitrogens with zero attached hydrogens (tertiary/aromatic N) is 1. The van der Waals surface area contributed by atoms with E-state index in [-0.39, 0.29) is 10.8 Å². The van der Waals surface area contributed by atoms with Gasteiger partial charge in [0.05, 0.1) is 10.9 Å². The van der Waals surface area contributed by atoms with Crippen LogP contribution in [0.1, 0.15) is 28.5 Å². The van der Waals surface area contributed by atoms with Crippen molar-refractivity contribution in [2.45, 2.75) is 26.1 Å². The predicted molar refractivity (Wildman–Crippen MR) is 54.3 cm³/mol. The molecule has 0 bridgehead atoms. The molecule has 0 saturated heterocycles. The van der Waals surface area contributed by atoms with E-state index in [9.17, 15) is 18.0 Å². The van der Waals surface area contributed by atoms with Crippen molar-refractivity contribution in [1.29, 1.82) is 0 Å². The molecule has 0 spiro atoms. The molecule has 0 saturated carbocycles. The van der Waals surface area contributed by atoms with E-state index in [2.05, 4.69) is 4.98 Å². The third-order valence-corrected chi connectivity index (χ3v) is 3.07. The van der Waals surface area contributed by atoms with E-state index in [1.165, 1.54) is 0 Å². The van der Waals surface area contributed by atoms with Crippen molar-refractivity contribution in [1.82, 2.24) is 4.98 Å². The van der Waals surface area contributed by atoms with Crippen LogP contribution in [0.15, 0.2) is 6.20 Å². The number of hydrogen-bond donors (Lipinski definition) is 1. The molecule has 0 aliphatic heterocycles. The molecule has 0 aromatic carbocycles. The number of aromatic nitrogens is 1. The van der Waals surface area contributed by atoms with Crippen LogP contribution in [0.25, 0.3) is 0 Å². The summed E-state index contributed by atoms with van der Waals surface area (Å²) < 4.78 is 36.7. The second kappa shape index (κ2) is 4.50. The van der Waals surface area contributed by atoms with Crippen molar-refractivity contribution < 1.29 is 18.0 Å². The summed E-state index contributed by atoms with van der Waals surface area (Å²) in [5.41, 5.74) is 5.56. The Morgan fingerprint density at radius 1 is 1.50 bits per heavy atom. The first kappa shape index (κ1) is 13.1. The number of thiazole rings is 1. The highest BCUT2D eigenvalue weighted by Gasteiger charge is 2.35. The summed E-state index contributed by atoms with van der Waals surface area (Å²) in [6.45, 7) is 3.46. The molecule has 0 fully saturated rings. The van der Waals surface area contributed by atoms with Gasteiger partial charge in [-0.15, -0.1) is 11.3 Å². The number of rotatable bonds is 3. The number of halogens is 3. The van der Waals surface area contributed by atoms with Gasteiger partial charge in [0, 0.05) is 6.20 Å². The first-order chi connectivity index (χ1) is 7.23. The number of Topliss-reactive ketones (excluding diaryl/α,β-unsaturated/α-hetero) is 1. The molecule has 1 unspecified atom stereocenters. The second-order valence-corrected chi connectivity index (χ2v) is 4.69. The van der Waals surface area contributed by atoms with E-state index in [0.717, 1.165) is 6.20 Å². The summed E-state index contributed by atoms with van der Waals surface area (Å²) in [5.74, 6) is -0.619. The van der Waals surface area contributed by atoms with Crippen LogP contribution in [-0.2, 0) is 6.18 Å². The van der Waals surface area contributed by atoms with Crippen molar-refractivity contribution >= 4 is 17.1 Å². The van der Waals surface area contributed by atoms with Gasteiger partial charge in [0.25, 0.3) is 0 Å². The summed E-state index contributed by atoms with van der Waals surface area (Å²) in [6, 6.07) is -0.790. The van der Waals surface area contributed by atoms with Crippen LogP contribution < -0.4 is 5.73 Å². The van der Waals surface area contributed by atoms with E-state index in [1.54, 1.807) is 13.8 Å². The fraction of sp³-hybridized carbons (Fsp3) is 0.556. The number of carbonyl (C=O) groups excluding carboxylic acids is 1. The zero-order valence-corrected chi connectivity index (χ0v) is 9.52. The molecule has 0 radical (unpaired) electrons. The minimum absolute atomic E-state index is 0.0477. The monoisotopic (exact) mass is 252 g/mol. The van der Waals surface area contributed by atoms with Crippen LogP contribution in [-0.4, -0.2) is 16.8 Å². The summed E-state index contributed by atoms with van der Waals surface area (Å²) >= 11 is 0.328. The third-order valence-electron chi connectivity index (χ3n) is 2.01. The van der Waals surface area contributed by atoms with Crippen LogP contribution in [0, 0.1) is 5.92 Å². The third kappa shape index (κ3) is 2.79. The largest absolute Gasteiger partial charge is 0.443 e. The fourth-order valence-corrected chi connectivity index (χ4v) is 1.76. The lowest BCUT2D eigenvalue weighted by Crippen LogP contribution is -2.35. The van der Waals surface area contributed by atoms with E-state index in [0.29, 0.717) is 11.3 Å². The maximum atomic E-state index is 12.2. The van der Waals surface area contributed by atoms with Gasteiger partial charge in [0.1, 0.15) is 0 Å². The summed E-state index contributed by atoms with van der Waals surface area (Å²) in [6.07, 6.45) is -3.58. The molecule has 1 heterocycles. The normalized spacial score (nSPS) is 14.2. The van der Waals surface area contributed by atoms with Crippen molar-refractivity contribution in [2.24, 2.45) is 11.7 Å². The number of alkyl halides is 3. The molecule has 1 rings (SSSR count). The van der Waals surface area contributed by atoms with Crippen LogP contribution in [0.5, 0.6) is 0 Å². The molecule has 0 amide bonds. The molecule has 16 heavy (non-hydrogen) atoms. The van der Waals surface area contributed by atoms with Crippen LogP contribution >= 0.6 is 11.3 Å². The Kier molecular flexibility index (Phi) is 3.69. The molecule has 90 valence electrons. The minimum atomic E-state index is -4.51. The molecular formula is C9H11F3N2OS. The molecule has 1 aromatic heterocycles. The average Bonchev–Trinajstić information content (AvgIpc) is 2.63. The average molecular weight is 252 g/mol. The fourth-order valence-electron chi connectivity index (χ4n) is 0.986. The quantitative estimate of drug-likeness (QED) is 0.840. The number of nitrogens with two attached hydrogens (primary N) is 1. The molecule has 3 nitrogen and oxygen atoms in total. The highest BCUT2D eigenvalue weighted by Crippen LogP contribution is 2.32. The summed E-state index contributed by atoms with van der Waals surface area (Å²) in [5, 5.41) is -1.02. The molecule has 7 heteroatoms. The lowest BCUT2D eigenvalue weighted by molar-refractivity contribution is -0.137. The van der Waals surface area contributed by atoms with Crippen LogP contribution in [0.2, 0.25) is 0 Å². The second-order valence-electron chi connectivity index (χ2n) is 3.66. The molecule has 1 aromatic rings. The lowest BCUT2D eigenvalue weighted by atomic mass is 10.0. The zero-order valence-electron chi connectivity index (χ0n) is 8.71. The Hall–Kier alpha value is -0.950. The van der Waals surface area contributed by atoms with Gasteiger partial charge in [-0.1, -0.05) is 13.8 Å². The molecular weight excluding hydrogens is 241 g/mol. The van der Waals surface area contributed by atoms with Gasteiger partial charge in [0.2, 0.25) is 0 Å². The Morgan fingerprint density at radius 3 is 2.44 bits per heavy atom. The highest BCUT2D eigenvalue weighted by atomic mass is 32.1. The first-order valence-corrected chi connectivity index (χ1v) is 5.38. The smallest absolute Gasteiger partial charge is 0.321 e. The number of ketones is 1. The molecule has 0 aliphatic rings. The Labute approximate surface area is 94.5 Å². The topological polar surface area (TPSA) is 56.0 Å². The maximum Gasteiger partial charge on any atom is 0.443 e. The molecule has 2 N–H and O–H groups in total. The minimum Gasteiger partial charge on any atom is -0.321 e. The van der Waals surface area contributed by atoms with Gasteiger partial charge >= 0.3 is 6.18 Å². The Bertz CT molecular complexity index is 386. The molecule has 0 aliphatic carbocycles. The standard InChI is InChI=1S/C9H11F3N2OS/c1-4(2)6(13)7(15)5-3-14-8(16-5)9(10,11)12/h3-4,6H,13H2,1-2H3. The van der Waals surface area contributed by atoms with E-state index in [1.807, 2.05) is 0 Å². The zero-order chi connectivity index (χ0) is 12.5.